The highest BCUT2D eigenvalue weighted by molar-refractivity contribution is 5.87. The number of rotatable bonds is 8. The molecule has 0 radical (unpaired) electrons. The maximum absolute atomic E-state index is 10.7. The molecule has 0 aromatic heterocycles. The van der Waals surface area contributed by atoms with Crippen molar-refractivity contribution in [3.05, 3.63) is 29.8 Å². The molecule has 0 aliphatic rings. The molecule has 1 unspecified atom stereocenters. The van der Waals surface area contributed by atoms with Gasteiger partial charge in [0.05, 0.1) is 5.56 Å². The summed E-state index contributed by atoms with van der Waals surface area (Å²) in [6.07, 6.45) is 0.285. The van der Waals surface area contributed by atoms with Crippen molar-refractivity contribution in [3.8, 4) is 5.75 Å². The lowest BCUT2D eigenvalue weighted by molar-refractivity contribution is -0.118. The van der Waals surface area contributed by atoms with Crippen molar-refractivity contribution in [2.24, 2.45) is 5.73 Å². The Labute approximate surface area is 111 Å². The first-order valence-corrected chi connectivity index (χ1v) is 5.97. The van der Waals surface area contributed by atoms with E-state index < -0.39 is 5.97 Å². The smallest absolute Gasteiger partial charge is 0.335 e. The maximum atomic E-state index is 10.7. The number of hydrogen-bond acceptors (Lipinski definition) is 4. The van der Waals surface area contributed by atoms with Crippen molar-refractivity contribution in [1.29, 1.82) is 0 Å². The summed E-state index contributed by atoms with van der Waals surface area (Å²) in [6.45, 7) is 2.87. The molecule has 1 aromatic rings. The van der Waals surface area contributed by atoms with Crippen LogP contribution in [0.25, 0.3) is 0 Å². The lowest BCUT2D eigenvalue weighted by Crippen LogP contribution is -2.33. The van der Waals surface area contributed by atoms with Crippen LogP contribution in [0.3, 0.4) is 0 Å². The van der Waals surface area contributed by atoms with Crippen LogP contribution in [0.2, 0.25) is 0 Å². The molecule has 0 fully saturated rings. The van der Waals surface area contributed by atoms with E-state index in [1.807, 2.05) is 6.92 Å². The van der Waals surface area contributed by atoms with E-state index in [1.54, 1.807) is 12.1 Å². The molecule has 6 heteroatoms. The molecule has 0 spiro atoms. The third kappa shape index (κ3) is 5.87. The number of nitrogens with two attached hydrogens (primary N) is 1. The molecule has 1 aromatic carbocycles. The van der Waals surface area contributed by atoms with Gasteiger partial charge in [-0.25, -0.2) is 4.79 Å². The van der Waals surface area contributed by atoms with Gasteiger partial charge in [0.2, 0.25) is 5.91 Å². The molecule has 0 heterocycles. The zero-order valence-electron chi connectivity index (χ0n) is 10.8. The molecule has 0 bridgehead atoms. The van der Waals surface area contributed by atoms with Gasteiger partial charge in [-0.05, 0) is 31.2 Å². The molecule has 1 atom stereocenters. The van der Waals surface area contributed by atoms with Crippen LogP contribution < -0.4 is 15.8 Å². The van der Waals surface area contributed by atoms with Crippen molar-refractivity contribution in [1.82, 2.24) is 5.32 Å². The second-order valence-electron chi connectivity index (χ2n) is 4.20. The summed E-state index contributed by atoms with van der Waals surface area (Å²) in [5, 5.41) is 11.8. The van der Waals surface area contributed by atoms with Crippen LogP contribution in [0.1, 0.15) is 23.7 Å². The lowest BCUT2D eigenvalue weighted by Gasteiger charge is -2.12. The Balaban J connectivity index is 2.26. The first-order chi connectivity index (χ1) is 8.99. The quantitative estimate of drug-likeness (QED) is 0.599. The molecule has 1 amide bonds. The topological polar surface area (TPSA) is 102 Å². The predicted molar refractivity (Wildman–Crippen MR) is 70.2 cm³/mol. The molecule has 6 nitrogen and oxygen atoms in total. The number of aromatic carboxylic acids is 1. The van der Waals surface area contributed by atoms with Crippen LogP contribution >= 0.6 is 0 Å². The fourth-order valence-corrected chi connectivity index (χ4v) is 1.54. The van der Waals surface area contributed by atoms with Crippen molar-refractivity contribution < 1.29 is 19.4 Å². The summed E-state index contributed by atoms with van der Waals surface area (Å²) in [6, 6.07) is 6.20. The van der Waals surface area contributed by atoms with E-state index in [9.17, 15) is 9.59 Å². The number of hydrogen-bond donors (Lipinski definition) is 3. The number of ether oxygens (including phenoxy) is 1. The highest BCUT2D eigenvalue weighted by atomic mass is 16.5. The lowest BCUT2D eigenvalue weighted by atomic mass is 10.2. The minimum Gasteiger partial charge on any atom is -0.492 e. The van der Waals surface area contributed by atoms with E-state index in [1.165, 1.54) is 12.1 Å². The number of benzene rings is 1. The average Bonchev–Trinajstić information content (AvgIpc) is 2.34. The van der Waals surface area contributed by atoms with Gasteiger partial charge in [0, 0.05) is 19.0 Å². The molecule has 0 aliphatic heterocycles. The molecule has 0 saturated heterocycles. The highest BCUT2D eigenvalue weighted by Crippen LogP contribution is 2.11. The Hall–Kier alpha value is -2.08. The van der Waals surface area contributed by atoms with Gasteiger partial charge in [-0.2, -0.15) is 0 Å². The van der Waals surface area contributed by atoms with Crippen molar-refractivity contribution >= 4 is 11.9 Å². The fourth-order valence-electron chi connectivity index (χ4n) is 1.54. The number of carboxylic acid groups (broad SMARTS) is 1. The monoisotopic (exact) mass is 266 g/mol. The summed E-state index contributed by atoms with van der Waals surface area (Å²) in [4.78, 5) is 21.3. The normalized spacial score (nSPS) is 11.8. The number of nitrogens with one attached hydrogen (secondary N) is 1. The SMILES string of the molecule is CC(CC(N)=O)NCCOc1ccc(C(=O)O)cc1. The van der Waals surface area contributed by atoms with Crippen LogP contribution in [0.5, 0.6) is 5.75 Å². The molecule has 1 rings (SSSR count). The van der Waals surface area contributed by atoms with E-state index in [-0.39, 0.29) is 23.9 Å². The maximum Gasteiger partial charge on any atom is 0.335 e. The van der Waals surface area contributed by atoms with Crippen molar-refractivity contribution in [2.75, 3.05) is 13.2 Å². The first-order valence-electron chi connectivity index (χ1n) is 5.97. The van der Waals surface area contributed by atoms with E-state index in [0.29, 0.717) is 18.9 Å². The molecule has 4 N–H and O–H groups in total. The Morgan fingerprint density at radius 2 is 2.00 bits per heavy atom. The molecule has 104 valence electrons. The summed E-state index contributed by atoms with van der Waals surface area (Å²) >= 11 is 0. The van der Waals surface area contributed by atoms with Gasteiger partial charge in [0.1, 0.15) is 12.4 Å². The molecular formula is C13H18N2O4. The molecule has 0 saturated carbocycles. The number of amides is 1. The number of carbonyl (C=O) groups is 2. The largest absolute Gasteiger partial charge is 0.492 e. The van der Waals surface area contributed by atoms with E-state index in [2.05, 4.69) is 5.32 Å². The van der Waals surface area contributed by atoms with Gasteiger partial charge in [-0.3, -0.25) is 4.79 Å². The Morgan fingerprint density at radius 1 is 1.37 bits per heavy atom. The van der Waals surface area contributed by atoms with Gasteiger partial charge >= 0.3 is 5.97 Å². The number of carbonyl (C=O) groups excluding carboxylic acids is 1. The summed E-state index contributed by atoms with van der Waals surface area (Å²) < 4.78 is 5.42. The van der Waals surface area contributed by atoms with Gasteiger partial charge < -0.3 is 20.9 Å². The predicted octanol–water partition coefficient (Wildman–Crippen LogP) is 0.617. The minimum atomic E-state index is -0.964. The molecular weight excluding hydrogens is 248 g/mol. The van der Waals surface area contributed by atoms with Crippen LogP contribution in [-0.4, -0.2) is 36.2 Å². The summed E-state index contributed by atoms with van der Waals surface area (Å²) in [5.74, 6) is -0.701. The van der Waals surface area contributed by atoms with Crippen LogP contribution in [0, 0.1) is 0 Å². The fraction of sp³-hybridized carbons (Fsp3) is 0.385. The molecule has 19 heavy (non-hydrogen) atoms. The van der Waals surface area contributed by atoms with Crippen LogP contribution in [0.15, 0.2) is 24.3 Å². The molecule has 0 aliphatic carbocycles. The zero-order chi connectivity index (χ0) is 14.3. The Kier molecular flexibility index (Phi) is 5.81. The standard InChI is InChI=1S/C13H18N2O4/c1-9(8-12(14)16)15-6-7-19-11-4-2-10(3-5-11)13(17)18/h2-5,9,15H,6-8H2,1H3,(H2,14,16)(H,17,18). The van der Waals surface area contributed by atoms with Crippen molar-refractivity contribution in [2.45, 2.75) is 19.4 Å². The Morgan fingerprint density at radius 3 is 2.53 bits per heavy atom. The van der Waals surface area contributed by atoms with Crippen LogP contribution in [0.4, 0.5) is 0 Å². The first kappa shape index (κ1) is 15.0. The van der Waals surface area contributed by atoms with E-state index >= 15 is 0 Å². The van der Waals surface area contributed by atoms with Gasteiger partial charge in [-0.15, -0.1) is 0 Å². The Bertz CT molecular complexity index is 431. The number of carboxylic acids is 1. The van der Waals surface area contributed by atoms with E-state index in [0.717, 1.165) is 0 Å². The van der Waals surface area contributed by atoms with Crippen molar-refractivity contribution in [3.63, 3.8) is 0 Å². The third-order valence-corrected chi connectivity index (χ3v) is 2.47. The third-order valence-electron chi connectivity index (χ3n) is 2.47. The van der Waals surface area contributed by atoms with Gasteiger partial charge in [0.15, 0.2) is 0 Å². The van der Waals surface area contributed by atoms with E-state index in [4.69, 9.17) is 15.6 Å². The van der Waals surface area contributed by atoms with Gasteiger partial charge in [-0.1, -0.05) is 0 Å². The van der Waals surface area contributed by atoms with Crippen LogP contribution in [-0.2, 0) is 4.79 Å². The second-order valence-corrected chi connectivity index (χ2v) is 4.20. The summed E-state index contributed by atoms with van der Waals surface area (Å²) in [7, 11) is 0. The highest BCUT2D eigenvalue weighted by Gasteiger charge is 2.05. The number of primary amides is 1. The minimum absolute atomic E-state index is 0.00971. The van der Waals surface area contributed by atoms with Gasteiger partial charge in [0.25, 0.3) is 0 Å². The summed E-state index contributed by atoms with van der Waals surface area (Å²) in [5.41, 5.74) is 5.29. The average molecular weight is 266 g/mol. The zero-order valence-corrected chi connectivity index (χ0v) is 10.8. The second kappa shape index (κ2) is 7.38.